The molecule has 0 aromatic carbocycles. The van der Waals surface area contributed by atoms with Crippen molar-refractivity contribution in [1.29, 1.82) is 0 Å². The predicted octanol–water partition coefficient (Wildman–Crippen LogP) is -1.95. The Morgan fingerprint density at radius 1 is 1.60 bits per heavy atom. The lowest BCUT2D eigenvalue weighted by atomic mass is 10.2. The van der Waals surface area contributed by atoms with Gasteiger partial charge in [0.1, 0.15) is 24.7 Å². The molecular weight excluding hydrogens is 314 g/mol. The standard InChI is InChI=1S/C9H14FN2O2.HI/c1-9(2,6-10)14-8(13)12-5-4-11(3)7-12;/h4-5,7H,6H2,1-3H3;1H/q+1;/p-1. The Bertz CT molecular complexity index is 339. The molecule has 0 unspecified atom stereocenters. The molecule has 0 saturated heterocycles. The van der Waals surface area contributed by atoms with E-state index < -0.39 is 18.4 Å². The minimum Gasteiger partial charge on any atom is -1.00 e. The molecule has 0 spiro atoms. The number of aromatic nitrogens is 2. The van der Waals surface area contributed by atoms with Crippen LogP contribution < -0.4 is 28.5 Å². The molecule has 0 bridgehead atoms. The van der Waals surface area contributed by atoms with Crippen LogP contribution in [0, 0.1) is 0 Å². The Labute approximate surface area is 105 Å². The summed E-state index contributed by atoms with van der Waals surface area (Å²) < 4.78 is 20.2. The molecule has 0 amide bonds. The van der Waals surface area contributed by atoms with Crippen molar-refractivity contribution < 1.29 is 42.5 Å². The number of carbonyl (C=O) groups is 1. The maximum absolute atomic E-state index is 12.4. The number of rotatable bonds is 2. The summed E-state index contributed by atoms with van der Waals surface area (Å²) in [5.41, 5.74) is -1.07. The van der Waals surface area contributed by atoms with Crippen molar-refractivity contribution in [3.63, 3.8) is 0 Å². The number of hydrogen-bond acceptors (Lipinski definition) is 2. The summed E-state index contributed by atoms with van der Waals surface area (Å²) in [6, 6.07) is 0. The molecule has 0 radical (unpaired) electrons. The van der Waals surface area contributed by atoms with Crippen LogP contribution in [0.5, 0.6) is 0 Å². The monoisotopic (exact) mass is 328 g/mol. The first kappa shape index (κ1) is 14.3. The first-order valence-electron chi connectivity index (χ1n) is 4.27. The van der Waals surface area contributed by atoms with Crippen LogP contribution in [0.3, 0.4) is 0 Å². The van der Waals surface area contributed by atoms with Crippen molar-refractivity contribution in [3.8, 4) is 0 Å². The van der Waals surface area contributed by atoms with Gasteiger partial charge < -0.3 is 28.7 Å². The molecule has 0 fully saturated rings. The van der Waals surface area contributed by atoms with E-state index in [0.717, 1.165) is 0 Å². The number of imidazole rings is 1. The molecule has 0 aliphatic carbocycles. The van der Waals surface area contributed by atoms with Gasteiger partial charge in [0, 0.05) is 0 Å². The van der Waals surface area contributed by atoms with Crippen LogP contribution in [-0.2, 0) is 11.8 Å². The molecule has 0 saturated carbocycles. The highest BCUT2D eigenvalue weighted by molar-refractivity contribution is 5.70. The fourth-order valence-electron chi connectivity index (χ4n) is 0.875. The van der Waals surface area contributed by atoms with Crippen molar-refractivity contribution in [2.24, 2.45) is 7.05 Å². The molecule has 4 nitrogen and oxygen atoms in total. The highest BCUT2D eigenvalue weighted by Crippen LogP contribution is 2.10. The van der Waals surface area contributed by atoms with Gasteiger partial charge in [0.15, 0.2) is 0 Å². The molecule has 6 heteroatoms. The fraction of sp³-hybridized carbons (Fsp3) is 0.556. The van der Waals surface area contributed by atoms with E-state index in [4.69, 9.17) is 4.74 Å². The largest absolute Gasteiger partial charge is 1.00 e. The van der Waals surface area contributed by atoms with Gasteiger partial charge in [0.05, 0.1) is 7.05 Å². The Kier molecular flexibility index (Phi) is 5.19. The number of nitrogens with zero attached hydrogens (tertiary/aromatic N) is 2. The lowest BCUT2D eigenvalue weighted by molar-refractivity contribution is -0.670. The van der Waals surface area contributed by atoms with Gasteiger partial charge in [-0.05, 0) is 13.8 Å². The van der Waals surface area contributed by atoms with Crippen LogP contribution in [0.25, 0.3) is 0 Å². The van der Waals surface area contributed by atoms with Gasteiger partial charge in [-0.1, -0.05) is 0 Å². The van der Waals surface area contributed by atoms with E-state index in [1.807, 2.05) is 0 Å². The van der Waals surface area contributed by atoms with E-state index in [1.54, 1.807) is 30.3 Å². The zero-order chi connectivity index (χ0) is 10.8. The quantitative estimate of drug-likeness (QED) is 0.467. The Morgan fingerprint density at radius 2 is 2.20 bits per heavy atom. The third kappa shape index (κ3) is 4.15. The number of aryl methyl sites for hydroxylation is 1. The Morgan fingerprint density at radius 3 is 2.60 bits per heavy atom. The van der Waals surface area contributed by atoms with Crippen LogP contribution in [-0.4, -0.2) is 22.9 Å². The van der Waals surface area contributed by atoms with E-state index >= 15 is 0 Å². The maximum Gasteiger partial charge on any atom is 0.512 e. The number of halogens is 2. The van der Waals surface area contributed by atoms with E-state index in [2.05, 4.69) is 0 Å². The molecular formula is C9H14FIN2O2. The normalized spacial score (nSPS) is 10.7. The summed E-state index contributed by atoms with van der Waals surface area (Å²) in [5.74, 6) is 0. The van der Waals surface area contributed by atoms with Crippen molar-refractivity contribution in [2.75, 3.05) is 6.67 Å². The highest BCUT2D eigenvalue weighted by atomic mass is 127. The molecule has 0 N–H and O–H groups in total. The van der Waals surface area contributed by atoms with Crippen LogP contribution >= 0.6 is 0 Å². The fourth-order valence-corrected chi connectivity index (χ4v) is 0.875. The summed E-state index contributed by atoms with van der Waals surface area (Å²) in [6.45, 7) is 2.34. The molecule has 15 heavy (non-hydrogen) atoms. The van der Waals surface area contributed by atoms with Crippen LogP contribution in [0.4, 0.5) is 9.18 Å². The van der Waals surface area contributed by atoms with Crippen molar-refractivity contribution in [3.05, 3.63) is 18.7 Å². The van der Waals surface area contributed by atoms with Gasteiger partial charge in [0.25, 0.3) is 6.33 Å². The van der Waals surface area contributed by atoms with Gasteiger partial charge >= 0.3 is 6.09 Å². The van der Waals surface area contributed by atoms with Crippen molar-refractivity contribution in [2.45, 2.75) is 19.4 Å². The number of ether oxygens (including phenoxy) is 1. The third-order valence-corrected chi connectivity index (χ3v) is 1.67. The average Bonchev–Trinajstić information content (AvgIpc) is 2.51. The second-order valence-electron chi connectivity index (χ2n) is 3.75. The number of alkyl halides is 1. The Hall–Kier alpha value is -0.660. The van der Waals surface area contributed by atoms with Crippen LogP contribution in [0.15, 0.2) is 18.7 Å². The van der Waals surface area contributed by atoms with Crippen LogP contribution in [0.2, 0.25) is 0 Å². The molecule has 1 aromatic rings. The zero-order valence-corrected chi connectivity index (χ0v) is 11.1. The van der Waals surface area contributed by atoms with Gasteiger partial charge in [-0.25, -0.2) is 8.96 Å². The lowest BCUT2D eigenvalue weighted by Gasteiger charge is -2.18. The summed E-state index contributed by atoms with van der Waals surface area (Å²) in [7, 11) is 1.78. The molecule has 1 rings (SSSR count). The zero-order valence-electron chi connectivity index (χ0n) is 8.91. The minimum atomic E-state index is -1.07. The van der Waals surface area contributed by atoms with Crippen molar-refractivity contribution in [1.82, 2.24) is 4.57 Å². The van der Waals surface area contributed by atoms with Gasteiger partial charge in [-0.3, -0.25) is 0 Å². The smallest absolute Gasteiger partial charge is 0.512 e. The Balaban J connectivity index is 0.00000196. The highest BCUT2D eigenvalue weighted by Gasteiger charge is 2.26. The topological polar surface area (TPSA) is 35.1 Å². The molecule has 0 atom stereocenters. The molecule has 0 aliphatic heterocycles. The molecule has 1 heterocycles. The first-order chi connectivity index (χ1) is 6.44. The summed E-state index contributed by atoms with van der Waals surface area (Å²) in [4.78, 5) is 11.4. The van der Waals surface area contributed by atoms with E-state index in [9.17, 15) is 9.18 Å². The lowest BCUT2D eigenvalue weighted by Crippen LogP contribution is -3.00. The van der Waals surface area contributed by atoms with Gasteiger partial charge in [-0.15, -0.1) is 4.57 Å². The summed E-state index contributed by atoms with van der Waals surface area (Å²) in [6.07, 6.45) is 4.23. The first-order valence-corrected chi connectivity index (χ1v) is 4.27. The molecule has 0 aliphatic rings. The minimum absolute atomic E-state index is 0. The summed E-state index contributed by atoms with van der Waals surface area (Å²) in [5, 5.41) is 0. The van der Waals surface area contributed by atoms with E-state index in [1.165, 1.54) is 18.4 Å². The second kappa shape index (κ2) is 5.43. The van der Waals surface area contributed by atoms with E-state index in [-0.39, 0.29) is 24.0 Å². The average molecular weight is 328 g/mol. The number of carbonyl (C=O) groups excluding carboxylic acids is 1. The SMILES string of the molecule is C[n+]1ccn(C(=O)OC(C)(C)CF)c1.[I-]. The predicted molar refractivity (Wildman–Crippen MR) is 47.5 cm³/mol. The third-order valence-electron chi connectivity index (χ3n) is 1.67. The maximum atomic E-state index is 12.4. The van der Waals surface area contributed by atoms with Gasteiger partial charge in [0.2, 0.25) is 0 Å². The second-order valence-corrected chi connectivity index (χ2v) is 3.75. The summed E-state index contributed by atoms with van der Waals surface area (Å²) >= 11 is 0. The van der Waals surface area contributed by atoms with E-state index in [0.29, 0.717) is 0 Å². The van der Waals surface area contributed by atoms with Gasteiger partial charge in [-0.2, -0.15) is 4.79 Å². The van der Waals surface area contributed by atoms with Crippen LogP contribution in [0.1, 0.15) is 13.8 Å². The van der Waals surface area contributed by atoms with Crippen molar-refractivity contribution >= 4 is 6.09 Å². The number of hydrogen-bond donors (Lipinski definition) is 0. The molecule has 1 aromatic heterocycles. The molecule has 86 valence electrons.